The Morgan fingerprint density at radius 1 is 1.44 bits per heavy atom. The number of nitrogens with one attached hydrogen (secondary N) is 1. The molecule has 1 atom stereocenters. The molecular weight excluding hydrogens is 249 g/mol. The highest BCUT2D eigenvalue weighted by Crippen LogP contribution is 2.26. The van der Waals surface area contributed by atoms with Crippen molar-refractivity contribution in [3.8, 4) is 0 Å². The van der Waals surface area contributed by atoms with Crippen molar-refractivity contribution in [2.75, 3.05) is 19.8 Å². The minimum Gasteiger partial charge on any atom is -0.387 e. The number of hydrogen-bond acceptors (Lipinski definition) is 3. The van der Waals surface area contributed by atoms with Crippen LogP contribution in [0.2, 0.25) is 10.0 Å². The molecule has 16 heavy (non-hydrogen) atoms. The Morgan fingerprint density at radius 3 is 2.81 bits per heavy atom. The first kappa shape index (κ1) is 12.1. The van der Waals surface area contributed by atoms with Crippen LogP contribution in [-0.4, -0.2) is 30.9 Å². The number of ether oxygens (including phenoxy) is 1. The molecule has 1 unspecified atom stereocenters. The Hall–Kier alpha value is -0.320. The minimum absolute atomic E-state index is 0.340. The third-order valence-corrected chi connectivity index (χ3v) is 3.13. The van der Waals surface area contributed by atoms with Crippen molar-refractivity contribution in [1.29, 1.82) is 0 Å². The average Bonchev–Trinajstić information content (AvgIpc) is 2.19. The van der Waals surface area contributed by atoms with E-state index in [1.165, 1.54) is 0 Å². The number of benzene rings is 1. The van der Waals surface area contributed by atoms with Gasteiger partial charge in [-0.3, -0.25) is 0 Å². The fourth-order valence-corrected chi connectivity index (χ4v) is 1.94. The zero-order valence-electron chi connectivity index (χ0n) is 8.62. The van der Waals surface area contributed by atoms with Crippen molar-refractivity contribution in [2.24, 2.45) is 0 Å². The fraction of sp³-hybridized carbons (Fsp3) is 0.455. The first-order chi connectivity index (χ1) is 7.66. The van der Waals surface area contributed by atoms with Crippen molar-refractivity contribution >= 4 is 23.2 Å². The van der Waals surface area contributed by atoms with Crippen LogP contribution >= 0.6 is 23.2 Å². The van der Waals surface area contributed by atoms with Gasteiger partial charge in [0, 0.05) is 22.2 Å². The summed E-state index contributed by atoms with van der Waals surface area (Å²) in [5.41, 5.74) is 0.655. The summed E-state index contributed by atoms with van der Waals surface area (Å²) in [5, 5.41) is 14.2. The SMILES string of the molecule is OC(CNC1COC1)c1cc(Cl)ccc1Cl. The van der Waals surface area contributed by atoms with E-state index >= 15 is 0 Å². The third kappa shape index (κ3) is 2.87. The molecule has 1 aromatic carbocycles. The second-order valence-electron chi connectivity index (χ2n) is 3.82. The lowest BCUT2D eigenvalue weighted by Gasteiger charge is -2.28. The van der Waals surface area contributed by atoms with Crippen LogP contribution in [0.15, 0.2) is 18.2 Å². The van der Waals surface area contributed by atoms with Gasteiger partial charge < -0.3 is 15.2 Å². The van der Waals surface area contributed by atoms with E-state index in [2.05, 4.69) is 5.32 Å². The maximum Gasteiger partial charge on any atom is 0.0929 e. The highest BCUT2D eigenvalue weighted by atomic mass is 35.5. The molecule has 0 saturated carbocycles. The van der Waals surface area contributed by atoms with Crippen molar-refractivity contribution in [3.05, 3.63) is 33.8 Å². The monoisotopic (exact) mass is 261 g/mol. The number of halogens is 2. The van der Waals surface area contributed by atoms with E-state index in [0.717, 1.165) is 0 Å². The number of rotatable bonds is 4. The van der Waals surface area contributed by atoms with Crippen LogP contribution in [0.3, 0.4) is 0 Å². The molecule has 0 aliphatic carbocycles. The lowest BCUT2D eigenvalue weighted by atomic mass is 10.1. The lowest BCUT2D eigenvalue weighted by molar-refractivity contribution is -0.00980. The number of aliphatic hydroxyl groups excluding tert-OH is 1. The van der Waals surface area contributed by atoms with E-state index in [4.69, 9.17) is 27.9 Å². The summed E-state index contributed by atoms with van der Waals surface area (Å²) < 4.78 is 5.02. The molecule has 2 rings (SSSR count). The lowest BCUT2D eigenvalue weighted by Crippen LogP contribution is -2.47. The van der Waals surface area contributed by atoms with Gasteiger partial charge in [-0.15, -0.1) is 0 Å². The second kappa shape index (κ2) is 5.34. The molecule has 0 bridgehead atoms. The fourth-order valence-electron chi connectivity index (χ4n) is 1.51. The van der Waals surface area contributed by atoms with Gasteiger partial charge in [0.25, 0.3) is 0 Å². The summed E-state index contributed by atoms with van der Waals surface area (Å²) in [5.74, 6) is 0. The summed E-state index contributed by atoms with van der Waals surface area (Å²) in [7, 11) is 0. The largest absolute Gasteiger partial charge is 0.387 e. The zero-order chi connectivity index (χ0) is 11.5. The van der Waals surface area contributed by atoms with Crippen molar-refractivity contribution in [3.63, 3.8) is 0 Å². The van der Waals surface area contributed by atoms with E-state index in [1.54, 1.807) is 18.2 Å². The summed E-state index contributed by atoms with van der Waals surface area (Å²) in [6.45, 7) is 1.86. The quantitative estimate of drug-likeness (QED) is 0.872. The molecule has 1 saturated heterocycles. The number of aliphatic hydroxyl groups is 1. The normalized spacial score (nSPS) is 18.2. The molecule has 0 amide bonds. The van der Waals surface area contributed by atoms with Gasteiger partial charge >= 0.3 is 0 Å². The van der Waals surface area contributed by atoms with Gasteiger partial charge in [-0.1, -0.05) is 23.2 Å². The Labute approximate surface area is 104 Å². The first-order valence-corrected chi connectivity index (χ1v) is 5.86. The summed E-state index contributed by atoms with van der Waals surface area (Å²) >= 11 is 11.8. The third-order valence-electron chi connectivity index (χ3n) is 2.55. The van der Waals surface area contributed by atoms with E-state index in [1.807, 2.05) is 0 Å². The average molecular weight is 262 g/mol. The molecule has 2 N–H and O–H groups in total. The molecule has 1 aliphatic rings. The minimum atomic E-state index is -0.646. The Balaban J connectivity index is 1.95. The molecule has 88 valence electrons. The predicted octanol–water partition coefficient (Wildman–Crippen LogP) is 2.02. The van der Waals surface area contributed by atoms with E-state index in [-0.39, 0.29) is 0 Å². The van der Waals surface area contributed by atoms with Crippen LogP contribution < -0.4 is 5.32 Å². The van der Waals surface area contributed by atoms with Gasteiger partial charge in [-0.25, -0.2) is 0 Å². The topological polar surface area (TPSA) is 41.5 Å². The van der Waals surface area contributed by atoms with Crippen molar-refractivity contribution < 1.29 is 9.84 Å². The zero-order valence-corrected chi connectivity index (χ0v) is 10.1. The highest BCUT2D eigenvalue weighted by Gasteiger charge is 2.20. The molecule has 3 nitrogen and oxygen atoms in total. The maximum atomic E-state index is 9.95. The second-order valence-corrected chi connectivity index (χ2v) is 4.67. The van der Waals surface area contributed by atoms with Gasteiger partial charge in [-0.05, 0) is 18.2 Å². The Kier molecular flexibility index (Phi) is 4.05. The van der Waals surface area contributed by atoms with Gasteiger partial charge in [0.15, 0.2) is 0 Å². The van der Waals surface area contributed by atoms with E-state index in [9.17, 15) is 5.11 Å². The van der Waals surface area contributed by atoms with Gasteiger partial charge in [0.2, 0.25) is 0 Å². The molecule has 1 aromatic rings. The molecule has 1 fully saturated rings. The van der Waals surface area contributed by atoms with Crippen LogP contribution in [0, 0.1) is 0 Å². The van der Waals surface area contributed by atoms with Gasteiger partial charge in [0.05, 0.1) is 25.4 Å². The Bertz CT molecular complexity index is 369. The molecule has 0 radical (unpaired) electrons. The molecular formula is C11H13Cl2NO2. The smallest absolute Gasteiger partial charge is 0.0929 e. The van der Waals surface area contributed by atoms with Crippen LogP contribution in [0.4, 0.5) is 0 Å². The van der Waals surface area contributed by atoms with Gasteiger partial charge in [-0.2, -0.15) is 0 Å². The van der Waals surface area contributed by atoms with Crippen LogP contribution in [0.1, 0.15) is 11.7 Å². The highest BCUT2D eigenvalue weighted by molar-refractivity contribution is 6.33. The van der Waals surface area contributed by atoms with Gasteiger partial charge in [0.1, 0.15) is 0 Å². The van der Waals surface area contributed by atoms with E-state index in [0.29, 0.717) is 41.4 Å². The molecule has 1 aliphatic heterocycles. The molecule has 1 heterocycles. The van der Waals surface area contributed by atoms with Crippen LogP contribution in [-0.2, 0) is 4.74 Å². The molecule has 0 spiro atoms. The summed E-state index contributed by atoms with van der Waals surface area (Å²) in [4.78, 5) is 0. The van der Waals surface area contributed by atoms with Crippen molar-refractivity contribution in [2.45, 2.75) is 12.1 Å². The molecule has 5 heteroatoms. The van der Waals surface area contributed by atoms with Crippen LogP contribution in [0.25, 0.3) is 0 Å². The van der Waals surface area contributed by atoms with E-state index < -0.39 is 6.10 Å². The first-order valence-electron chi connectivity index (χ1n) is 5.11. The molecule has 0 aromatic heterocycles. The predicted molar refractivity (Wildman–Crippen MR) is 64.0 cm³/mol. The number of hydrogen-bond donors (Lipinski definition) is 2. The summed E-state index contributed by atoms with van der Waals surface area (Å²) in [6, 6.07) is 5.42. The maximum absolute atomic E-state index is 9.95. The van der Waals surface area contributed by atoms with Crippen molar-refractivity contribution in [1.82, 2.24) is 5.32 Å². The standard InChI is InChI=1S/C11H13Cl2NO2/c12-7-1-2-10(13)9(3-7)11(15)4-14-8-5-16-6-8/h1-3,8,11,14-15H,4-6H2. The summed E-state index contributed by atoms with van der Waals surface area (Å²) in [6.07, 6.45) is -0.646. The van der Waals surface area contributed by atoms with Crippen LogP contribution in [0.5, 0.6) is 0 Å². The Morgan fingerprint density at radius 2 is 2.19 bits per heavy atom.